The molecule has 1 aromatic carbocycles. The molecule has 2 rings (SSSR count). The van der Waals surface area contributed by atoms with Crippen molar-refractivity contribution in [2.75, 3.05) is 6.61 Å². The summed E-state index contributed by atoms with van der Waals surface area (Å²) in [5, 5.41) is 21.4. The molecular weight excluding hydrogens is 284 g/mol. The Kier molecular flexibility index (Phi) is 4.16. The number of halogens is 1. The van der Waals surface area contributed by atoms with E-state index in [2.05, 4.69) is 10.3 Å². The van der Waals surface area contributed by atoms with E-state index in [0.717, 1.165) is 0 Å². The van der Waals surface area contributed by atoms with Crippen LogP contribution in [0.3, 0.4) is 0 Å². The van der Waals surface area contributed by atoms with Crippen LogP contribution in [0, 0.1) is 0 Å². The minimum Gasteiger partial charge on any atom is -0.480 e. The number of carbonyl (C=O) groups is 2. The topological polar surface area (TPSA) is 99.5 Å². The Hall–Kier alpha value is -2.18. The number of carboxylic acids is 1. The summed E-state index contributed by atoms with van der Waals surface area (Å²) in [5.74, 6) is -2.04. The number of pyridine rings is 1. The first kappa shape index (κ1) is 14.2. The van der Waals surface area contributed by atoms with Crippen LogP contribution in [0.4, 0.5) is 0 Å². The van der Waals surface area contributed by atoms with Crippen LogP contribution in [0.1, 0.15) is 10.5 Å². The van der Waals surface area contributed by atoms with Crippen LogP contribution in [-0.2, 0) is 4.79 Å². The van der Waals surface area contributed by atoms with E-state index in [0.29, 0.717) is 10.8 Å². The fourth-order valence-electron chi connectivity index (χ4n) is 1.69. The average molecular weight is 295 g/mol. The van der Waals surface area contributed by atoms with Gasteiger partial charge >= 0.3 is 5.97 Å². The normalized spacial score (nSPS) is 12.1. The zero-order chi connectivity index (χ0) is 14.7. The second kappa shape index (κ2) is 5.85. The molecule has 0 saturated carbocycles. The lowest BCUT2D eigenvalue weighted by molar-refractivity contribution is -0.140. The smallest absolute Gasteiger partial charge is 0.328 e. The first-order valence-electron chi connectivity index (χ1n) is 5.72. The summed E-state index contributed by atoms with van der Waals surface area (Å²) < 4.78 is 0. The van der Waals surface area contributed by atoms with E-state index in [-0.39, 0.29) is 10.8 Å². The molecule has 2 aromatic rings. The molecule has 1 aromatic heterocycles. The number of aromatic nitrogens is 1. The van der Waals surface area contributed by atoms with Gasteiger partial charge in [0.15, 0.2) is 6.04 Å². The Morgan fingerprint density at radius 2 is 2.05 bits per heavy atom. The van der Waals surface area contributed by atoms with Crippen molar-refractivity contribution in [3.8, 4) is 0 Å². The maximum Gasteiger partial charge on any atom is 0.328 e. The number of carbonyl (C=O) groups excluding carboxylic acids is 1. The molecule has 6 nitrogen and oxygen atoms in total. The van der Waals surface area contributed by atoms with Crippen molar-refractivity contribution in [2.45, 2.75) is 6.04 Å². The monoisotopic (exact) mass is 294 g/mol. The molecule has 20 heavy (non-hydrogen) atoms. The number of benzene rings is 1. The van der Waals surface area contributed by atoms with Gasteiger partial charge in [-0.3, -0.25) is 4.79 Å². The minimum absolute atomic E-state index is 0.00611. The maximum atomic E-state index is 11.9. The molecule has 0 aliphatic rings. The third-order valence-corrected chi connectivity index (χ3v) is 3.00. The standard InChI is InChI=1S/C13H11ClN2O4/c14-11-8-4-2-1-3-7(8)5-9(15-11)12(18)16-10(6-17)13(19)20/h1-5,10,17H,6H2,(H,16,18)(H,19,20)/t10-/m0/s1. The van der Waals surface area contributed by atoms with Crippen LogP contribution in [0.15, 0.2) is 30.3 Å². The number of aliphatic hydroxyl groups excluding tert-OH is 1. The van der Waals surface area contributed by atoms with E-state index in [9.17, 15) is 9.59 Å². The number of carboxylic acid groups (broad SMARTS) is 1. The highest BCUT2D eigenvalue weighted by Crippen LogP contribution is 2.22. The lowest BCUT2D eigenvalue weighted by atomic mass is 10.1. The SMILES string of the molecule is O=C(N[C@@H](CO)C(=O)O)c1cc2ccccc2c(Cl)n1. The summed E-state index contributed by atoms with van der Waals surface area (Å²) in [5.41, 5.74) is -0.00611. The molecule has 0 fully saturated rings. The third kappa shape index (κ3) is 2.87. The van der Waals surface area contributed by atoms with Crippen molar-refractivity contribution >= 4 is 34.2 Å². The number of aliphatic hydroxyl groups is 1. The molecule has 1 atom stereocenters. The van der Waals surface area contributed by atoms with E-state index in [1.54, 1.807) is 24.3 Å². The van der Waals surface area contributed by atoms with Crippen molar-refractivity contribution in [1.82, 2.24) is 10.3 Å². The van der Waals surface area contributed by atoms with Gasteiger partial charge < -0.3 is 15.5 Å². The molecule has 0 bridgehead atoms. The molecular formula is C13H11ClN2O4. The van der Waals surface area contributed by atoms with Gasteiger partial charge in [-0.15, -0.1) is 0 Å². The van der Waals surface area contributed by atoms with Crippen LogP contribution in [0.5, 0.6) is 0 Å². The Labute approximate surface area is 119 Å². The zero-order valence-corrected chi connectivity index (χ0v) is 11.0. The highest BCUT2D eigenvalue weighted by molar-refractivity contribution is 6.34. The Morgan fingerprint density at radius 3 is 2.70 bits per heavy atom. The Morgan fingerprint density at radius 1 is 1.35 bits per heavy atom. The van der Waals surface area contributed by atoms with Crippen LogP contribution < -0.4 is 5.32 Å². The average Bonchev–Trinajstić information content (AvgIpc) is 2.44. The predicted octanol–water partition coefficient (Wildman–Crippen LogP) is 1.06. The van der Waals surface area contributed by atoms with Crippen LogP contribution in [0.2, 0.25) is 5.15 Å². The molecule has 0 aliphatic carbocycles. The second-order valence-electron chi connectivity index (χ2n) is 4.07. The van der Waals surface area contributed by atoms with E-state index in [1.807, 2.05) is 0 Å². The Balaban J connectivity index is 2.33. The molecule has 0 spiro atoms. The largest absolute Gasteiger partial charge is 0.480 e. The first-order valence-corrected chi connectivity index (χ1v) is 6.10. The number of nitrogens with one attached hydrogen (secondary N) is 1. The summed E-state index contributed by atoms with van der Waals surface area (Å²) >= 11 is 5.98. The number of rotatable bonds is 4. The van der Waals surface area contributed by atoms with Gasteiger partial charge in [-0.1, -0.05) is 35.9 Å². The number of hydrogen-bond donors (Lipinski definition) is 3. The summed E-state index contributed by atoms with van der Waals surface area (Å²) in [6.07, 6.45) is 0. The summed E-state index contributed by atoms with van der Waals surface area (Å²) in [4.78, 5) is 26.6. The second-order valence-corrected chi connectivity index (χ2v) is 4.42. The fraction of sp³-hybridized carbons (Fsp3) is 0.154. The van der Waals surface area contributed by atoms with Crippen molar-refractivity contribution in [3.05, 3.63) is 41.2 Å². The molecule has 0 unspecified atom stereocenters. The zero-order valence-electron chi connectivity index (χ0n) is 10.2. The summed E-state index contributed by atoms with van der Waals surface area (Å²) in [6, 6.07) is 7.23. The summed E-state index contributed by atoms with van der Waals surface area (Å²) in [6.45, 7) is -0.706. The molecule has 1 amide bonds. The van der Waals surface area contributed by atoms with Crippen LogP contribution >= 0.6 is 11.6 Å². The van der Waals surface area contributed by atoms with E-state index in [1.165, 1.54) is 6.07 Å². The van der Waals surface area contributed by atoms with Gasteiger partial charge in [-0.05, 0) is 11.5 Å². The number of amides is 1. The van der Waals surface area contributed by atoms with Crippen LogP contribution in [-0.4, -0.2) is 39.7 Å². The van der Waals surface area contributed by atoms with Crippen molar-refractivity contribution in [2.24, 2.45) is 0 Å². The molecule has 0 aliphatic heterocycles. The highest BCUT2D eigenvalue weighted by Gasteiger charge is 2.20. The maximum absolute atomic E-state index is 11.9. The van der Waals surface area contributed by atoms with E-state index < -0.39 is 24.5 Å². The van der Waals surface area contributed by atoms with Gasteiger partial charge in [-0.25, -0.2) is 9.78 Å². The van der Waals surface area contributed by atoms with Gasteiger partial charge in [0.2, 0.25) is 0 Å². The lowest BCUT2D eigenvalue weighted by Gasteiger charge is -2.11. The molecule has 0 radical (unpaired) electrons. The van der Waals surface area contributed by atoms with Crippen molar-refractivity contribution in [3.63, 3.8) is 0 Å². The number of aliphatic carboxylic acids is 1. The molecule has 3 N–H and O–H groups in total. The molecule has 104 valence electrons. The minimum atomic E-state index is -1.38. The van der Waals surface area contributed by atoms with E-state index >= 15 is 0 Å². The number of nitrogens with zero attached hydrogens (tertiary/aromatic N) is 1. The summed E-state index contributed by atoms with van der Waals surface area (Å²) in [7, 11) is 0. The number of fused-ring (bicyclic) bond motifs is 1. The van der Waals surface area contributed by atoms with Gasteiger partial charge in [-0.2, -0.15) is 0 Å². The van der Waals surface area contributed by atoms with Crippen LogP contribution in [0.25, 0.3) is 10.8 Å². The van der Waals surface area contributed by atoms with Gasteiger partial charge in [0.1, 0.15) is 10.8 Å². The van der Waals surface area contributed by atoms with Gasteiger partial charge in [0.25, 0.3) is 5.91 Å². The third-order valence-electron chi connectivity index (χ3n) is 2.71. The first-order chi connectivity index (χ1) is 9.52. The molecule has 0 saturated heterocycles. The van der Waals surface area contributed by atoms with Gasteiger partial charge in [0, 0.05) is 5.39 Å². The predicted molar refractivity (Wildman–Crippen MR) is 72.7 cm³/mol. The quantitative estimate of drug-likeness (QED) is 0.732. The van der Waals surface area contributed by atoms with Crippen molar-refractivity contribution < 1.29 is 19.8 Å². The molecule has 7 heteroatoms. The lowest BCUT2D eigenvalue weighted by Crippen LogP contribution is -2.43. The molecule has 1 heterocycles. The van der Waals surface area contributed by atoms with Crippen molar-refractivity contribution in [1.29, 1.82) is 0 Å². The highest BCUT2D eigenvalue weighted by atomic mass is 35.5. The van der Waals surface area contributed by atoms with E-state index in [4.69, 9.17) is 21.8 Å². The van der Waals surface area contributed by atoms with Gasteiger partial charge in [0.05, 0.1) is 6.61 Å². The number of hydrogen-bond acceptors (Lipinski definition) is 4. The fourth-order valence-corrected chi connectivity index (χ4v) is 1.95. The Bertz CT molecular complexity index is 674.